The molecule has 3 aromatic rings. The van der Waals surface area contributed by atoms with Crippen LogP contribution in [0.4, 0.5) is 0 Å². The van der Waals surface area contributed by atoms with Crippen LogP contribution in [-0.2, 0) is 6.54 Å². The predicted octanol–water partition coefficient (Wildman–Crippen LogP) is 4.46. The van der Waals surface area contributed by atoms with Crippen molar-refractivity contribution in [2.75, 3.05) is 7.05 Å². The zero-order valence-corrected chi connectivity index (χ0v) is 20.2. The molecule has 0 aliphatic heterocycles. The molecule has 2 aliphatic rings. The number of rotatable bonds is 6. The van der Waals surface area contributed by atoms with E-state index < -0.39 is 5.43 Å². The van der Waals surface area contributed by atoms with Gasteiger partial charge in [-0.3, -0.25) is 19.4 Å². The van der Waals surface area contributed by atoms with E-state index in [1.165, 1.54) is 12.8 Å². The molecule has 0 unspecified atom stereocenters. The Bertz CT molecular complexity index is 1300. The lowest BCUT2D eigenvalue weighted by molar-refractivity contribution is 0.0783. The molecule has 1 aromatic carbocycles. The second-order valence-corrected chi connectivity index (χ2v) is 9.90. The lowest BCUT2D eigenvalue weighted by Gasteiger charge is -2.20. The number of fused-ring (bicyclic) bond motifs is 1. The van der Waals surface area contributed by atoms with Crippen LogP contribution >= 0.6 is 0 Å². The van der Waals surface area contributed by atoms with Gasteiger partial charge in [-0.2, -0.15) is 0 Å². The van der Waals surface area contributed by atoms with E-state index in [-0.39, 0.29) is 35.0 Å². The van der Waals surface area contributed by atoms with Crippen LogP contribution in [0.1, 0.15) is 83.7 Å². The van der Waals surface area contributed by atoms with Gasteiger partial charge in [-0.15, -0.1) is 0 Å². The molecule has 2 saturated carbocycles. The summed E-state index contributed by atoms with van der Waals surface area (Å²) in [5, 5.41) is 4.05. The number of carbonyl (C=O) groups is 2. The van der Waals surface area contributed by atoms with E-state index in [0.717, 1.165) is 55.0 Å². The van der Waals surface area contributed by atoms with Gasteiger partial charge < -0.3 is 14.8 Å². The number of benzene rings is 1. The topological polar surface area (TPSA) is 84.3 Å². The number of hydrogen-bond acceptors (Lipinski definition) is 4. The van der Waals surface area contributed by atoms with Gasteiger partial charge in [-0.1, -0.05) is 43.9 Å². The van der Waals surface area contributed by atoms with Crippen LogP contribution in [0.15, 0.2) is 53.7 Å². The largest absolute Gasteiger partial charge is 0.349 e. The molecule has 0 saturated heterocycles. The van der Waals surface area contributed by atoms with E-state index in [1.807, 2.05) is 34.9 Å². The Morgan fingerprint density at radius 2 is 1.74 bits per heavy atom. The molecule has 2 fully saturated rings. The van der Waals surface area contributed by atoms with Gasteiger partial charge in [-0.25, -0.2) is 0 Å². The van der Waals surface area contributed by atoms with Crippen molar-refractivity contribution in [1.82, 2.24) is 19.8 Å². The lowest BCUT2D eigenvalue weighted by atomic mass is 10.1. The number of nitrogens with zero attached hydrogens (tertiary/aromatic N) is 3. The van der Waals surface area contributed by atoms with Crippen molar-refractivity contribution in [1.29, 1.82) is 0 Å². The Balaban J connectivity index is 1.42. The highest BCUT2D eigenvalue weighted by atomic mass is 16.2. The van der Waals surface area contributed by atoms with Crippen LogP contribution < -0.4 is 10.7 Å². The van der Waals surface area contributed by atoms with Gasteiger partial charge in [0.05, 0.1) is 5.52 Å². The third-order valence-electron chi connectivity index (χ3n) is 7.17. The van der Waals surface area contributed by atoms with E-state index in [4.69, 9.17) is 0 Å². The molecule has 1 N–H and O–H groups in total. The van der Waals surface area contributed by atoms with Gasteiger partial charge >= 0.3 is 0 Å². The minimum absolute atomic E-state index is 0.0475. The molecule has 0 atom stereocenters. The molecule has 0 spiro atoms. The highest BCUT2D eigenvalue weighted by Gasteiger charge is 2.28. The number of aromatic nitrogens is 2. The fourth-order valence-corrected chi connectivity index (χ4v) is 5.02. The summed E-state index contributed by atoms with van der Waals surface area (Å²) in [6, 6.07) is 9.99. The lowest BCUT2D eigenvalue weighted by Crippen LogP contribution is -2.39. The average Bonchev–Trinajstić information content (AvgIpc) is 3.72. The molecule has 35 heavy (non-hydrogen) atoms. The molecule has 182 valence electrons. The maximum Gasteiger partial charge on any atom is 0.259 e. The first-order valence-corrected chi connectivity index (χ1v) is 12.7. The summed E-state index contributed by atoms with van der Waals surface area (Å²) >= 11 is 0. The summed E-state index contributed by atoms with van der Waals surface area (Å²) in [5.41, 5.74) is 1.43. The molecule has 2 heterocycles. The summed E-state index contributed by atoms with van der Waals surface area (Å²) in [6.07, 6.45) is 13.4. The monoisotopic (exact) mass is 472 g/mol. The van der Waals surface area contributed by atoms with Crippen molar-refractivity contribution in [2.45, 2.75) is 70.0 Å². The Hall–Kier alpha value is -3.48. The van der Waals surface area contributed by atoms with Crippen LogP contribution in [-0.4, -0.2) is 39.4 Å². The molecule has 5 rings (SSSR count). The van der Waals surface area contributed by atoms with Crippen molar-refractivity contribution < 1.29 is 9.59 Å². The molecular formula is C28H32N4O3. The second-order valence-electron chi connectivity index (χ2n) is 9.90. The van der Waals surface area contributed by atoms with E-state index >= 15 is 0 Å². The molecule has 7 nitrogen and oxygen atoms in total. The average molecular weight is 473 g/mol. The zero-order valence-electron chi connectivity index (χ0n) is 20.2. The number of amides is 2. The SMILES string of the molecule is CN(Cc1cccc2ncccc12)C(=O)c1cn(C2CC2)cc(C(=O)NC2CCCCCC2)c1=O. The molecule has 2 aromatic heterocycles. The fourth-order valence-electron chi connectivity index (χ4n) is 5.02. The minimum Gasteiger partial charge on any atom is -0.349 e. The smallest absolute Gasteiger partial charge is 0.259 e. The van der Waals surface area contributed by atoms with Crippen LogP contribution in [0.2, 0.25) is 0 Å². The van der Waals surface area contributed by atoms with E-state index in [2.05, 4.69) is 10.3 Å². The molecule has 0 bridgehead atoms. The standard InChI is InChI=1S/C28H32N4O3/c1-31(16-19-8-6-12-25-22(19)11-7-15-29-25)28(35)24-18-32(21-13-14-21)17-23(26(24)33)27(34)30-20-9-4-2-3-5-10-20/h6-8,11-12,15,17-18,20-21H,2-5,9-10,13-14,16H2,1H3,(H,30,34). The number of nitrogens with one attached hydrogen (secondary N) is 1. The Labute approximate surface area is 205 Å². The molecular weight excluding hydrogens is 440 g/mol. The summed E-state index contributed by atoms with van der Waals surface area (Å²) in [6.45, 7) is 0.337. The van der Waals surface area contributed by atoms with E-state index in [1.54, 1.807) is 30.5 Å². The normalized spacial score (nSPS) is 16.6. The first-order chi connectivity index (χ1) is 17.0. The van der Waals surface area contributed by atoms with Crippen molar-refractivity contribution in [3.63, 3.8) is 0 Å². The second kappa shape index (κ2) is 10.0. The molecule has 2 amide bonds. The van der Waals surface area contributed by atoms with Crippen molar-refractivity contribution in [3.05, 3.63) is 75.8 Å². The third-order valence-corrected chi connectivity index (χ3v) is 7.17. The third kappa shape index (κ3) is 5.14. The van der Waals surface area contributed by atoms with Crippen molar-refractivity contribution >= 4 is 22.7 Å². The van der Waals surface area contributed by atoms with Gasteiger partial charge in [0.25, 0.3) is 11.8 Å². The van der Waals surface area contributed by atoms with Crippen LogP contribution in [0.25, 0.3) is 10.9 Å². The number of carbonyl (C=O) groups excluding carboxylic acids is 2. The summed E-state index contributed by atoms with van der Waals surface area (Å²) in [4.78, 5) is 46.0. The zero-order chi connectivity index (χ0) is 24.4. The Morgan fingerprint density at radius 3 is 2.49 bits per heavy atom. The van der Waals surface area contributed by atoms with Crippen LogP contribution in [0.5, 0.6) is 0 Å². The van der Waals surface area contributed by atoms with E-state index in [0.29, 0.717) is 6.54 Å². The van der Waals surface area contributed by atoms with Crippen molar-refractivity contribution in [2.24, 2.45) is 0 Å². The number of pyridine rings is 2. The maximum atomic E-state index is 13.5. The highest BCUT2D eigenvalue weighted by Crippen LogP contribution is 2.34. The minimum atomic E-state index is -0.496. The van der Waals surface area contributed by atoms with Gasteiger partial charge in [0.2, 0.25) is 5.43 Å². The fraction of sp³-hybridized carbons (Fsp3) is 0.429. The van der Waals surface area contributed by atoms with Crippen LogP contribution in [0, 0.1) is 0 Å². The van der Waals surface area contributed by atoms with Gasteiger partial charge in [0.1, 0.15) is 11.1 Å². The first-order valence-electron chi connectivity index (χ1n) is 12.7. The van der Waals surface area contributed by atoms with Gasteiger partial charge in [0.15, 0.2) is 0 Å². The highest BCUT2D eigenvalue weighted by molar-refractivity contribution is 5.99. The van der Waals surface area contributed by atoms with Gasteiger partial charge in [0, 0.05) is 49.7 Å². The predicted molar refractivity (Wildman–Crippen MR) is 135 cm³/mol. The Kier molecular flexibility index (Phi) is 6.66. The van der Waals surface area contributed by atoms with Crippen molar-refractivity contribution in [3.8, 4) is 0 Å². The van der Waals surface area contributed by atoms with Crippen LogP contribution in [0.3, 0.4) is 0 Å². The molecule has 0 radical (unpaired) electrons. The maximum absolute atomic E-state index is 13.5. The van der Waals surface area contributed by atoms with Gasteiger partial charge in [-0.05, 0) is 43.4 Å². The summed E-state index contributed by atoms with van der Waals surface area (Å²) < 4.78 is 1.88. The molecule has 7 heteroatoms. The van der Waals surface area contributed by atoms with E-state index in [9.17, 15) is 14.4 Å². The first kappa shape index (κ1) is 23.3. The molecule has 2 aliphatic carbocycles. The quantitative estimate of drug-likeness (QED) is 0.537. The Morgan fingerprint density at radius 1 is 1.00 bits per heavy atom. The summed E-state index contributed by atoms with van der Waals surface area (Å²) in [5.74, 6) is -0.747. The number of hydrogen-bond donors (Lipinski definition) is 1. The summed E-state index contributed by atoms with van der Waals surface area (Å²) in [7, 11) is 1.69.